The van der Waals surface area contributed by atoms with Crippen LogP contribution in [0.3, 0.4) is 0 Å². The van der Waals surface area contributed by atoms with E-state index in [-0.39, 0.29) is 17.8 Å². The van der Waals surface area contributed by atoms with E-state index in [4.69, 9.17) is 15.5 Å². The van der Waals surface area contributed by atoms with Crippen LogP contribution in [0.2, 0.25) is 0 Å². The molecule has 1 saturated carbocycles. The van der Waals surface area contributed by atoms with Gasteiger partial charge in [0.05, 0.1) is 23.7 Å². The fourth-order valence-corrected chi connectivity index (χ4v) is 2.52. The van der Waals surface area contributed by atoms with E-state index in [1.165, 1.54) is 12.1 Å². The Labute approximate surface area is 129 Å². The van der Waals surface area contributed by atoms with Gasteiger partial charge in [0, 0.05) is 10.5 Å². The zero-order valence-corrected chi connectivity index (χ0v) is 11.8. The van der Waals surface area contributed by atoms with Gasteiger partial charge in [-0.15, -0.1) is 0 Å². The molecule has 2 fully saturated rings. The number of hydrogen-bond acceptors (Lipinski definition) is 5. The van der Waals surface area contributed by atoms with Crippen molar-refractivity contribution >= 4 is 17.7 Å². The molecular weight excluding hydrogens is 305 g/mol. The molecule has 8 nitrogen and oxygen atoms in total. The molecule has 0 aromatic heterocycles. The first-order valence-corrected chi connectivity index (χ1v) is 6.79. The second-order valence-corrected chi connectivity index (χ2v) is 5.32. The zero-order valence-electron chi connectivity index (χ0n) is 11.8. The number of nitrogens with zero attached hydrogens (tertiary/aromatic N) is 5. The first-order valence-electron chi connectivity index (χ1n) is 6.79. The molecule has 1 aromatic rings. The van der Waals surface area contributed by atoms with Crippen molar-refractivity contribution in [2.24, 2.45) is 5.11 Å². The third-order valence-corrected chi connectivity index (χ3v) is 3.92. The highest BCUT2D eigenvalue weighted by Crippen LogP contribution is 2.48. The summed E-state index contributed by atoms with van der Waals surface area (Å²) in [5.74, 6) is -1.38. The number of imide groups is 1. The number of hydrogen-bond donors (Lipinski definition) is 0. The van der Waals surface area contributed by atoms with E-state index in [2.05, 4.69) is 16.1 Å². The summed E-state index contributed by atoms with van der Waals surface area (Å²) in [5, 5.41) is 12.3. The summed E-state index contributed by atoms with van der Waals surface area (Å²) < 4.78 is 19.1. The molecule has 116 valence electrons. The molecule has 9 heteroatoms. The fraction of sp³-hybridized carbons (Fsp3) is 0.357. The van der Waals surface area contributed by atoms with Gasteiger partial charge in [-0.3, -0.25) is 4.79 Å². The second kappa shape index (κ2) is 5.26. The van der Waals surface area contributed by atoms with Crippen LogP contribution in [0.5, 0.6) is 0 Å². The van der Waals surface area contributed by atoms with E-state index in [9.17, 15) is 14.0 Å². The highest BCUT2D eigenvalue weighted by atomic mass is 19.1. The average molecular weight is 315 g/mol. The average Bonchev–Trinajstić information content (AvgIpc) is 3.27. The van der Waals surface area contributed by atoms with Crippen molar-refractivity contribution in [2.75, 3.05) is 11.4 Å². The summed E-state index contributed by atoms with van der Waals surface area (Å²) in [5.41, 5.74) is 7.72. The quantitative estimate of drug-likeness (QED) is 0.481. The Morgan fingerprint density at radius 3 is 2.83 bits per heavy atom. The summed E-state index contributed by atoms with van der Waals surface area (Å²) in [7, 11) is 0. The van der Waals surface area contributed by atoms with Crippen LogP contribution in [0.4, 0.5) is 14.9 Å². The smallest absolute Gasteiger partial charge is 0.422 e. The number of cyclic esters (lactones) is 1. The minimum absolute atomic E-state index is 0.0124. The van der Waals surface area contributed by atoms with Gasteiger partial charge in [0.1, 0.15) is 5.82 Å². The van der Waals surface area contributed by atoms with Crippen LogP contribution < -0.4 is 4.90 Å². The van der Waals surface area contributed by atoms with Crippen LogP contribution in [0.1, 0.15) is 18.4 Å². The van der Waals surface area contributed by atoms with E-state index >= 15 is 0 Å². The summed E-state index contributed by atoms with van der Waals surface area (Å²) in [6, 6.07) is 5.92. The van der Waals surface area contributed by atoms with Gasteiger partial charge in [0.2, 0.25) is 0 Å². The third kappa shape index (κ3) is 2.35. The highest BCUT2D eigenvalue weighted by molar-refractivity contribution is 6.18. The SMILES string of the molecule is N#CC1(c2ccc(N3C(=O)O[C@H](CN=[N+]=[N-])C3=O)cc2F)CC1. The first-order chi connectivity index (χ1) is 11.0. The molecule has 1 aliphatic carbocycles. The van der Waals surface area contributed by atoms with Gasteiger partial charge in [0.25, 0.3) is 5.91 Å². The Balaban J connectivity index is 1.89. The molecule has 1 aliphatic heterocycles. The minimum atomic E-state index is -1.21. The summed E-state index contributed by atoms with van der Waals surface area (Å²) in [4.78, 5) is 27.1. The van der Waals surface area contributed by atoms with Crippen molar-refractivity contribution in [3.8, 4) is 6.07 Å². The normalized spacial score (nSPS) is 21.4. The molecule has 23 heavy (non-hydrogen) atoms. The van der Waals surface area contributed by atoms with Crippen molar-refractivity contribution in [2.45, 2.75) is 24.4 Å². The van der Waals surface area contributed by atoms with E-state index < -0.39 is 29.3 Å². The van der Waals surface area contributed by atoms with Crippen molar-refractivity contribution in [1.29, 1.82) is 5.26 Å². The van der Waals surface area contributed by atoms with Crippen molar-refractivity contribution in [1.82, 2.24) is 0 Å². The number of halogens is 1. The van der Waals surface area contributed by atoms with Crippen molar-refractivity contribution in [3.05, 3.63) is 40.0 Å². The standard InChI is InChI=1S/C14H10FN5O3/c15-10-5-8(1-2-9(10)14(7-16)3-4-14)20-12(21)11(6-18-19-17)23-13(20)22/h1-2,5,11H,3-4,6H2/t11-/m1/s1. The molecular formula is C14H10FN5O3. The highest BCUT2D eigenvalue weighted by Gasteiger charge is 2.47. The number of rotatable bonds is 4. The first kappa shape index (κ1) is 14.8. The fourth-order valence-electron chi connectivity index (χ4n) is 2.52. The lowest BCUT2D eigenvalue weighted by molar-refractivity contribution is -0.121. The maximum absolute atomic E-state index is 14.3. The summed E-state index contributed by atoms with van der Waals surface area (Å²) >= 11 is 0. The molecule has 2 aliphatic rings. The van der Waals surface area contributed by atoms with Gasteiger partial charge in [-0.2, -0.15) is 5.26 Å². The largest absolute Gasteiger partial charge is 0.435 e. The zero-order chi connectivity index (χ0) is 16.6. The second-order valence-electron chi connectivity index (χ2n) is 5.32. The number of benzene rings is 1. The van der Waals surface area contributed by atoms with Crippen molar-refractivity contribution < 1.29 is 18.7 Å². The number of carbonyl (C=O) groups excluding carboxylic acids is 2. The number of anilines is 1. The molecule has 2 amide bonds. The van der Waals surface area contributed by atoms with Gasteiger partial charge in [-0.05, 0) is 30.5 Å². The van der Waals surface area contributed by atoms with Crippen LogP contribution in [-0.4, -0.2) is 24.6 Å². The molecule has 0 N–H and O–H groups in total. The van der Waals surface area contributed by atoms with E-state index in [0.29, 0.717) is 17.7 Å². The number of azide groups is 1. The Morgan fingerprint density at radius 1 is 1.52 bits per heavy atom. The maximum atomic E-state index is 14.3. The lowest BCUT2D eigenvalue weighted by atomic mass is 9.96. The van der Waals surface area contributed by atoms with Crippen LogP contribution >= 0.6 is 0 Å². The van der Waals surface area contributed by atoms with E-state index in [0.717, 1.165) is 6.07 Å². The Morgan fingerprint density at radius 2 is 2.26 bits per heavy atom. The monoisotopic (exact) mass is 315 g/mol. The Kier molecular flexibility index (Phi) is 3.39. The van der Waals surface area contributed by atoms with Gasteiger partial charge < -0.3 is 4.74 Å². The van der Waals surface area contributed by atoms with Gasteiger partial charge >= 0.3 is 6.09 Å². The van der Waals surface area contributed by atoms with Crippen LogP contribution in [0, 0.1) is 17.1 Å². The predicted molar refractivity (Wildman–Crippen MR) is 74.7 cm³/mol. The van der Waals surface area contributed by atoms with E-state index in [1.54, 1.807) is 0 Å². The molecule has 1 atom stereocenters. The molecule has 1 aromatic carbocycles. The van der Waals surface area contributed by atoms with Gasteiger partial charge in [-0.1, -0.05) is 11.2 Å². The molecule has 0 unspecified atom stereocenters. The molecule has 0 spiro atoms. The molecule has 3 rings (SSSR count). The van der Waals surface area contributed by atoms with Crippen LogP contribution in [0.25, 0.3) is 10.4 Å². The number of carbonyl (C=O) groups is 2. The molecule has 0 radical (unpaired) electrons. The molecule has 0 bridgehead atoms. The molecule has 1 saturated heterocycles. The lowest BCUT2D eigenvalue weighted by Crippen LogP contribution is -2.32. The van der Waals surface area contributed by atoms with Crippen LogP contribution in [-0.2, 0) is 14.9 Å². The topological polar surface area (TPSA) is 119 Å². The summed E-state index contributed by atoms with van der Waals surface area (Å²) in [6.07, 6.45) is -1.01. The lowest BCUT2D eigenvalue weighted by Gasteiger charge is -2.14. The number of amides is 2. The molecule has 1 heterocycles. The predicted octanol–water partition coefficient (Wildman–Crippen LogP) is 2.54. The van der Waals surface area contributed by atoms with Gasteiger partial charge in [-0.25, -0.2) is 14.1 Å². The third-order valence-electron chi connectivity index (χ3n) is 3.92. The summed E-state index contributed by atoms with van der Waals surface area (Å²) in [6.45, 7) is -0.324. The van der Waals surface area contributed by atoms with Gasteiger partial charge in [0.15, 0.2) is 6.10 Å². The minimum Gasteiger partial charge on any atom is -0.435 e. The van der Waals surface area contributed by atoms with Crippen molar-refractivity contribution in [3.63, 3.8) is 0 Å². The number of ether oxygens (including phenoxy) is 1. The Bertz CT molecular complexity index is 792. The van der Waals surface area contributed by atoms with Crippen LogP contribution in [0.15, 0.2) is 23.3 Å². The van der Waals surface area contributed by atoms with E-state index in [1.807, 2.05) is 0 Å². The number of nitriles is 1. The maximum Gasteiger partial charge on any atom is 0.422 e. The Hall–Kier alpha value is -3.11.